The van der Waals surface area contributed by atoms with Gasteiger partial charge in [-0.2, -0.15) is 5.10 Å². The van der Waals surface area contributed by atoms with Crippen LogP contribution in [0, 0.1) is 19.7 Å². The minimum Gasteiger partial charge on any atom is -0.331 e. The van der Waals surface area contributed by atoms with Gasteiger partial charge >= 0.3 is 0 Å². The molecule has 0 saturated heterocycles. The van der Waals surface area contributed by atoms with Crippen molar-refractivity contribution in [2.24, 2.45) is 5.10 Å². The Morgan fingerprint density at radius 2 is 1.68 bits per heavy atom. The smallest absolute Gasteiger partial charge is 0.191 e. The van der Waals surface area contributed by atoms with Gasteiger partial charge in [-0.25, -0.2) is 4.39 Å². The minimum absolute atomic E-state index is 0.306. The molecular formula is C17H18FN3S. The van der Waals surface area contributed by atoms with Crippen LogP contribution < -0.4 is 10.7 Å². The molecule has 0 aliphatic rings. The van der Waals surface area contributed by atoms with Crippen molar-refractivity contribution < 1.29 is 4.39 Å². The number of thiocarbonyl (C=S) groups is 1. The lowest BCUT2D eigenvalue weighted by atomic mass is 10.1. The van der Waals surface area contributed by atoms with E-state index in [-0.39, 0.29) is 5.82 Å². The fourth-order valence-electron chi connectivity index (χ4n) is 2.10. The van der Waals surface area contributed by atoms with E-state index in [4.69, 9.17) is 12.2 Å². The van der Waals surface area contributed by atoms with Crippen LogP contribution in [0.2, 0.25) is 0 Å². The average Bonchev–Trinajstić information content (AvgIpc) is 2.49. The Balaban J connectivity index is 2.07. The molecule has 0 amide bonds. The maximum atomic E-state index is 13.7. The van der Waals surface area contributed by atoms with Gasteiger partial charge in [0.05, 0.1) is 5.71 Å². The Labute approximate surface area is 135 Å². The van der Waals surface area contributed by atoms with E-state index in [0.29, 0.717) is 16.4 Å². The molecule has 0 aliphatic carbocycles. The van der Waals surface area contributed by atoms with Gasteiger partial charge in [-0.05, 0) is 50.2 Å². The largest absolute Gasteiger partial charge is 0.331 e. The van der Waals surface area contributed by atoms with Gasteiger partial charge in [-0.1, -0.05) is 36.4 Å². The maximum Gasteiger partial charge on any atom is 0.191 e. The summed E-state index contributed by atoms with van der Waals surface area (Å²) in [5.41, 5.74) is 6.88. The molecule has 0 unspecified atom stereocenters. The van der Waals surface area contributed by atoms with Crippen molar-refractivity contribution in [1.29, 1.82) is 0 Å². The number of hydrogen-bond acceptors (Lipinski definition) is 2. The molecule has 3 nitrogen and oxygen atoms in total. The molecule has 5 heteroatoms. The van der Waals surface area contributed by atoms with Gasteiger partial charge in [0, 0.05) is 11.3 Å². The van der Waals surface area contributed by atoms with Crippen molar-refractivity contribution in [2.45, 2.75) is 20.8 Å². The number of hydrogen-bond donors (Lipinski definition) is 2. The normalized spacial score (nSPS) is 11.2. The van der Waals surface area contributed by atoms with Gasteiger partial charge in [-0.15, -0.1) is 0 Å². The highest BCUT2D eigenvalue weighted by Gasteiger charge is 2.06. The highest BCUT2D eigenvalue weighted by Crippen LogP contribution is 2.19. The Bertz CT molecular complexity index is 705. The topological polar surface area (TPSA) is 36.4 Å². The van der Waals surface area contributed by atoms with Crippen LogP contribution in [0.3, 0.4) is 0 Å². The number of hydrazone groups is 1. The summed E-state index contributed by atoms with van der Waals surface area (Å²) in [6.45, 7) is 5.74. The molecule has 0 aliphatic heterocycles. The van der Waals surface area contributed by atoms with Crippen LogP contribution in [0.25, 0.3) is 0 Å². The first-order chi connectivity index (χ1) is 10.5. The third kappa shape index (κ3) is 3.89. The van der Waals surface area contributed by atoms with Gasteiger partial charge < -0.3 is 5.32 Å². The number of nitrogens with one attached hydrogen (secondary N) is 2. The van der Waals surface area contributed by atoms with Crippen molar-refractivity contribution in [1.82, 2.24) is 5.43 Å². The van der Waals surface area contributed by atoms with Crippen LogP contribution >= 0.6 is 12.2 Å². The van der Waals surface area contributed by atoms with Crippen LogP contribution in [0.15, 0.2) is 47.6 Å². The second-order valence-electron chi connectivity index (χ2n) is 5.01. The van der Waals surface area contributed by atoms with E-state index in [1.165, 1.54) is 6.07 Å². The van der Waals surface area contributed by atoms with Crippen molar-refractivity contribution >= 4 is 28.7 Å². The number of aryl methyl sites for hydroxylation is 2. The molecule has 2 aromatic carbocycles. The van der Waals surface area contributed by atoms with E-state index >= 15 is 0 Å². The summed E-state index contributed by atoms with van der Waals surface area (Å²) in [5.74, 6) is -0.306. The molecular weight excluding hydrogens is 297 g/mol. The second kappa shape index (κ2) is 7.13. The van der Waals surface area contributed by atoms with E-state index in [1.807, 2.05) is 32.0 Å². The zero-order chi connectivity index (χ0) is 16.1. The fourth-order valence-corrected chi connectivity index (χ4v) is 2.25. The first kappa shape index (κ1) is 16.1. The number of halogens is 1. The first-order valence-corrected chi connectivity index (χ1v) is 7.32. The monoisotopic (exact) mass is 315 g/mol. The molecule has 0 saturated carbocycles. The summed E-state index contributed by atoms with van der Waals surface area (Å²) in [6.07, 6.45) is 0. The van der Waals surface area contributed by atoms with Crippen LogP contribution in [-0.2, 0) is 0 Å². The molecule has 0 spiro atoms. The van der Waals surface area contributed by atoms with Crippen molar-refractivity contribution in [3.63, 3.8) is 0 Å². The number of para-hydroxylation sites is 1. The lowest BCUT2D eigenvalue weighted by Crippen LogP contribution is -2.25. The van der Waals surface area contributed by atoms with Gasteiger partial charge in [0.1, 0.15) is 5.82 Å². The Hall–Kier alpha value is -2.27. The number of nitrogens with zero attached hydrogens (tertiary/aromatic N) is 1. The number of benzene rings is 2. The lowest BCUT2D eigenvalue weighted by Gasteiger charge is -2.13. The zero-order valence-electron chi connectivity index (χ0n) is 12.8. The lowest BCUT2D eigenvalue weighted by molar-refractivity contribution is 0.625. The molecule has 0 atom stereocenters. The SMILES string of the molecule is C/C(=N\NC(=S)Nc1c(C)cccc1C)c1ccccc1F. The third-order valence-electron chi connectivity index (χ3n) is 3.31. The molecule has 0 fully saturated rings. The zero-order valence-corrected chi connectivity index (χ0v) is 13.6. The second-order valence-corrected chi connectivity index (χ2v) is 5.42. The fraction of sp³-hybridized carbons (Fsp3) is 0.176. The van der Waals surface area contributed by atoms with E-state index in [1.54, 1.807) is 25.1 Å². The highest BCUT2D eigenvalue weighted by molar-refractivity contribution is 7.80. The summed E-state index contributed by atoms with van der Waals surface area (Å²) >= 11 is 5.23. The van der Waals surface area contributed by atoms with Crippen molar-refractivity contribution in [2.75, 3.05) is 5.32 Å². The van der Waals surface area contributed by atoms with Gasteiger partial charge in [-0.3, -0.25) is 5.43 Å². The van der Waals surface area contributed by atoms with E-state index in [2.05, 4.69) is 15.8 Å². The maximum absolute atomic E-state index is 13.7. The summed E-state index contributed by atoms with van der Waals surface area (Å²) in [5, 5.41) is 7.62. The standard InChI is InChI=1S/C17H18FN3S/c1-11-7-6-8-12(2)16(11)19-17(22)21-20-13(3)14-9-4-5-10-15(14)18/h4-10H,1-3H3,(H2,19,21,22)/b20-13+. The highest BCUT2D eigenvalue weighted by atomic mass is 32.1. The summed E-state index contributed by atoms with van der Waals surface area (Å²) < 4.78 is 13.7. The summed E-state index contributed by atoms with van der Waals surface area (Å²) in [7, 11) is 0. The van der Waals surface area contributed by atoms with Gasteiger partial charge in [0.2, 0.25) is 0 Å². The molecule has 0 radical (unpaired) electrons. The predicted octanol–water partition coefficient (Wildman–Crippen LogP) is 4.15. The molecule has 2 rings (SSSR count). The van der Waals surface area contributed by atoms with Crippen molar-refractivity contribution in [3.8, 4) is 0 Å². The molecule has 22 heavy (non-hydrogen) atoms. The van der Waals surface area contributed by atoms with E-state index < -0.39 is 0 Å². The molecule has 2 N–H and O–H groups in total. The Morgan fingerprint density at radius 1 is 1.05 bits per heavy atom. The molecule has 0 aromatic heterocycles. The molecule has 114 valence electrons. The van der Waals surface area contributed by atoms with E-state index in [9.17, 15) is 4.39 Å². The van der Waals surface area contributed by atoms with Crippen LogP contribution in [0.4, 0.5) is 10.1 Å². The first-order valence-electron chi connectivity index (χ1n) is 6.91. The van der Waals surface area contributed by atoms with Gasteiger partial charge in [0.15, 0.2) is 5.11 Å². The van der Waals surface area contributed by atoms with Crippen LogP contribution in [0.5, 0.6) is 0 Å². The number of anilines is 1. The molecule has 0 bridgehead atoms. The van der Waals surface area contributed by atoms with Crippen molar-refractivity contribution in [3.05, 3.63) is 65.0 Å². The quantitative estimate of drug-likeness (QED) is 0.507. The van der Waals surface area contributed by atoms with Crippen LogP contribution in [-0.4, -0.2) is 10.8 Å². The summed E-state index contributed by atoms with van der Waals surface area (Å²) in [4.78, 5) is 0. The van der Waals surface area contributed by atoms with Gasteiger partial charge in [0.25, 0.3) is 0 Å². The minimum atomic E-state index is -0.306. The van der Waals surface area contributed by atoms with E-state index in [0.717, 1.165) is 16.8 Å². The summed E-state index contributed by atoms with van der Waals surface area (Å²) in [6, 6.07) is 12.5. The predicted molar refractivity (Wildman–Crippen MR) is 93.9 cm³/mol. The number of rotatable bonds is 3. The third-order valence-corrected chi connectivity index (χ3v) is 3.50. The van der Waals surface area contributed by atoms with Crippen LogP contribution in [0.1, 0.15) is 23.6 Å². The average molecular weight is 315 g/mol. The Kier molecular flexibility index (Phi) is 5.22. The molecule has 0 heterocycles. The Morgan fingerprint density at radius 3 is 2.32 bits per heavy atom. The molecule has 2 aromatic rings.